The highest BCUT2D eigenvalue weighted by Gasteiger charge is 2.10. The smallest absolute Gasteiger partial charge is 0.170 e. The van der Waals surface area contributed by atoms with Crippen LogP contribution in [0.25, 0.3) is 0 Å². The van der Waals surface area contributed by atoms with Crippen LogP contribution in [0.3, 0.4) is 0 Å². The van der Waals surface area contributed by atoms with Crippen molar-refractivity contribution in [2.24, 2.45) is 0 Å². The average Bonchev–Trinajstić information content (AvgIpc) is 2.75. The molecule has 4 nitrogen and oxygen atoms in total. The van der Waals surface area contributed by atoms with Crippen molar-refractivity contribution in [1.29, 1.82) is 0 Å². The normalized spacial score (nSPS) is 10.3. The maximum Gasteiger partial charge on any atom is 0.170 e. The SMILES string of the molecule is CCOc1cncc(C(=O)Cc2csc(C)n2)c1. The molecule has 2 aromatic heterocycles. The summed E-state index contributed by atoms with van der Waals surface area (Å²) in [4.78, 5) is 20.3. The number of rotatable bonds is 5. The topological polar surface area (TPSA) is 52.1 Å². The second-order valence-corrected chi connectivity index (χ2v) is 4.86. The first-order chi connectivity index (χ1) is 8.69. The van der Waals surface area contributed by atoms with Crippen molar-refractivity contribution in [3.05, 3.63) is 40.1 Å². The van der Waals surface area contributed by atoms with Crippen LogP contribution in [0.15, 0.2) is 23.8 Å². The van der Waals surface area contributed by atoms with Crippen LogP contribution in [0.2, 0.25) is 0 Å². The molecule has 0 fully saturated rings. The minimum absolute atomic E-state index is 0.00866. The predicted molar refractivity (Wildman–Crippen MR) is 70.3 cm³/mol. The molecule has 18 heavy (non-hydrogen) atoms. The number of carbonyl (C=O) groups excluding carboxylic acids is 1. The van der Waals surface area contributed by atoms with E-state index in [9.17, 15) is 4.79 Å². The maximum absolute atomic E-state index is 12.0. The molecule has 0 atom stereocenters. The van der Waals surface area contributed by atoms with E-state index in [0.717, 1.165) is 10.7 Å². The fourth-order valence-electron chi connectivity index (χ4n) is 1.57. The van der Waals surface area contributed by atoms with Crippen LogP contribution in [0.4, 0.5) is 0 Å². The van der Waals surface area contributed by atoms with E-state index >= 15 is 0 Å². The molecule has 0 saturated carbocycles. The van der Waals surface area contributed by atoms with Gasteiger partial charge in [0.1, 0.15) is 5.75 Å². The molecule has 0 aliphatic heterocycles. The molecule has 94 valence electrons. The Bertz CT molecular complexity index is 551. The molecule has 0 bridgehead atoms. The van der Waals surface area contributed by atoms with Gasteiger partial charge in [-0.25, -0.2) is 4.98 Å². The number of aromatic nitrogens is 2. The van der Waals surface area contributed by atoms with Crippen molar-refractivity contribution < 1.29 is 9.53 Å². The zero-order chi connectivity index (χ0) is 13.0. The number of nitrogens with zero attached hydrogens (tertiary/aromatic N) is 2. The fourth-order valence-corrected chi connectivity index (χ4v) is 2.19. The number of pyridine rings is 1. The Morgan fingerprint density at radius 1 is 1.44 bits per heavy atom. The van der Waals surface area contributed by atoms with Crippen LogP contribution in [0.1, 0.15) is 28.0 Å². The third-order valence-corrected chi connectivity index (χ3v) is 3.18. The average molecular weight is 262 g/mol. The minimum Gasteiger partial charge on any atom is -0.492 e. The lowest BCUT2D eigenvalue weighted by atomic mass is 10.1. The molecule has 2 heterocycles. The van der Waals surface area contributed by atoms with E-state index in [1.165, 1.54) is 0 Å². The molecule has 2 aromatic rings. The Morgan fingerprint density at radius 3 is 2.94 bits per heavy atom. The van der Waals surface area contributed by atoms with Gasteiger partial charge >= 0.3 is 0 Å². The molecular weight excluding hydrogens is 248 g/mol. The van der Waals surface area contributed by atoms with Crippen molar-refractivity contribution in [3.8, 4) is 5.75 Å². The van der Waals surface area contributed by atoms with Gasteiger partial charge < -0.3 is 4.74 Å². The lowest BCUT2D eigenvalue weighted by Gasteiger charge is -2.04. The van der Waals surface area contributed by atoms with Gasteiger partial charge in [-0.2, -0.15) is 0 Å². The Morgan fingerprint density at radius 2 is 2.28 bits per heavy atom. The molecule has 0 aliphatic carbocycles. The van der Waals surface area contributed by atoms with Gasteiger partial charge in [-0.1, -0.05) is 0 Å². The van der Waals surface area contributed by atoms with Gasteiger partial charge in [-0.05, 0) is 19.9 Å². The summed E-state index contributed by atoms with van der Waals surface area (Å²) in [7, 11) is 0. The number of ether oxygens (including phenoxy) is 1. The Hall–Kier alpha value is -1.75. The summed E-state index contributed by atoms with van der Waals surface area (Å²) in [6.45, 7) is 4.38. The molecule has 2 rings (SSSR count). The lowest BCUT2D eigenvalue weighted by molar-refractivity contribution is 0.0991. The number of thiazole rings is 1. The number of hydrogen-bond acceptors (Lipinski definition) is 5. The van der Waals surface area contributed by atoms with Crippen LogP contribution in [-0.4, -0.2) is 22.4 Å². The van der Waals surface area contributed by atoms with E-state index in [-0.39, 0.29) is 5.78 Å². The van der Waals surface area contributed by atoms with Crippen molar-refractivity contribution in [1.82, 2.24) is 9.97 Å². The number of hydrogen-bond donors (Lipinski definition) is 0. The van der Waals surface area contributed by atoms with Gasteiger partial charge in [0.15, 0.2) is 5.78 Å². The zero-order valence-electron chi connectivity index (χ0n) is 10.3. The van der Waals surface area contributed by atoms with E-state index in [2.05, 4.69) is 9.97 Å². The largest absolute Gasteiger partial charge is 0.492 e. The van der Waals surface area contributed by atoms with E-state index < -0.39 is 0 Å². The second kappa shape index (κ2) is 5.73. The molecule has 0 radical (unpaired) electrons. The lowest BCUT2D eigenvalue weighted by Crippen LogP contribution is -2.05. The van der Waals surface area contributed by atoms with Crippen LogP contribution in [0.5, 0.6) is 5.75 Å². The summed E-state index contributed by atoms with van der Waals surface area (Å²) in [5.74, 6) is 0.632. The van der Waals surface area contributed by atoms with Crippen LogP contribution in [-0.2, 0) is 6.42 Å². The highest BCUT2D eigenvalue weighted by atomic mass is 32.1. The number of carbonyl (C=O) groups is 1. The van der Waals surface area contributed by atoms with Crippen molar-refractivity contribution in [2.75, 3.05) is 6.61 Å². The molecule has 5 heteroatoms. The molecule has 0 aliphatic rings. The fraction of sp³-hybridized carbons (Fsp3) is 0.308. The summed E-state index contributed by atoms with van der Waals surface area (Å²) in [6, 6.07) is 1.72. The van der Waals surface area contributed by atoms with E-state index in [0.29, 0.717) is 24.3 Å². The van der Waals surface area contributed by atoms with Crippen LogP contribution >= 0.6 is 11.3 Å². The predicted octanol–water partition coefficient (Wildman–Crippen LogP) is 2.67. The first-order valence-electron chi connectivity index (χ1n) is 5.71. The second-order valence-electron chi connectivity index (χ2n) is 3.80. The first-order valence-corrected chi connectivity index (χ1v) is 6.59. The van der Waals surface area contributed by atoms with Crippen molar-refractivity contribution >= 4 is 17.1 Å². The van der Waals surface area contributed by atoms with Gasteiger partial charge in [-0.3, -0.25) is 9.78 Å². The van der Waals surface area contributed by atoms with E-state index in [1.54, 1.807) is 29.8 Å². The summed E-state index contributed by atoms with van der Waals surface area (Å²) in [6.07, 6.45) is 3.47. The van der Waals surface area contributed by atoms with Crippen LogP contribution < -0.4 is 4.74 Å². The minimum atomic E-state index is 0.00866. The van der Waals surface area contributed by atoms with Gasteiger partial charge in [0.05, 0.1) is 29.9 Å². The third-order valence-electron chi connectivity index (χ3n) is 2.35. The summed E-state index contributed by atoms with van der Waals surface area (Å²) in [5.41, 5.74) is 1.37. The number of Topliss-reactive ketones (excluding diaryl/α,β-unsaturated/α-hetero) is 1. The molecule has 0 amide bonds. The molecule has 0 spiro atoms. The Labute approximate surface area is 110 Å². The summed E-state index contributed by atoms with van der Waals surface area (Å²) < 4.78 is 5.32. The van der Waals surface area contributed by atoms with Crippen molar-refractivity contribution in [3.63, 3.8) is 0 Å². The monoisotopic (exact) mass is 262 g/mol. The highest BCUT2D eigenvalue weighted by Crippen LogP contribution is 2.15. The summed E-state index contributed by atoms with van der Waals surface area (Å²) in [5, 5.41) is 2.88. The molecule has 0 aromatic carbocycles. The van der Waals surface area contributed by atoms with E-state index in [1.807, 2.05) is 19.2 Å². The number of ketones is 1. The first kappa shape index (κ1) is 12.7. The third kappa shape index (κ3) is 3.13. The maximum atomic E-state index is 12.0. The van der Waals surface area contributed by atoms with Gasteiger partial charge in [0, 0.05) is 17.1 Å². The zero-order valence-corrected chi connectivity index (χ0v) is 11.2. The van der Waals surface area contributed by atoms with Gasteiger partial charge in [-0.15, -0.1) is 11.3 Å². The molecule has 0 N–H and O–H groups in total. The number of aryl methyl sites for hydroxylation is 1. The molecular formula is C13H14N2O2S. The highest BCUT2D eigenvalue weighted by molar-refractivity contribution is 7.09. The quantitative estimate of drug-likeness (QED) is 0.777. The van der Waals surface area contributed by atoms with Crippen LogP contribution in [0, 0.1) is 6.92 Å². The Kier molecular flexibility index (Phi) is 4.04. The van der Waals surface area contributed by atoms with Gasteiger partial charge in [0.2, 0.25) is 0 Å². The Balaban J connectivity index is 2.11. The molecule has 0 saturated heterocycles. The van der Waals surface area contributed by atoms with Gasteiger partial charge in [0.25, 0.3) is 0 Å². The summed E-state index contributed by atoms with van der Waals surface area (Å²) >= 11 is 1.55. The standard InChI is InChI=1S/C13H14N2O2S/c1-3-17-12-4-10(6-14-7-12)13(16)5-11-8-18-9(2)15-11/h4,6-8H,3,5H2,1-2H3. The van der Waals surface area contributed by atoms with Crippen molar-refractivity contribution in [2.45, 2.75) is 20.3 Å². The molecule has 0 unspecified atom stereocenters. The van der Waals surface area contributed by atoms with E-state index in [4.69, 9.17) is 4.74 Å².